The highest BCUT2D eigenvalue weighted by molar-refractivity contribution is 6.33. The first-order valence-corrected chi connectivity index (χ1v) is 12.0. The molecular formula is C27H25Cl2N5O. The maximum atomic E-state index is 12.8. The molecule has 0 bridgehead atoms. The summed E-state index contributed by atoms with van der Waals surface area (Å²) in [7, 11) is 0. The molecule has 2 heterocycles. The second-order valence-corrected chi connectivity index (χ2v) is 8.87. The fourth-order valence-corrected chi connectivity index (χ4v) is 3.87. The second-order valence-electron chi connectivity index (χ2n) is 8.05. The topological polar surface area (TPSA) is 79.8 Å². The molecule has 2 N–H and O–H groups in total. The minimum Gasteiger partial charge on any atom is -0.366 e. The molecule has 0 spiro atoms. The first-order chi connectivity index (χ1) is 17.0. The molecule has 2 aromatic heterocycles. The van der Waals surface area contributed by atoms with E-state index in [1.165, 1.54) is 0 Å². The number of carbonyl (C=O) groups is 1. The van der Waals surface area contributed by atoms with Crippen LogP contribution in [0.1, 0.15) is 29.3 Å². The van der Waals surface area contributed by atoms with Crippen LogP contribution in [0, 0.1) is 6.92 Å². The van der Waals surface area contributed by atoms with Crippen molar-refractivity contribution in [3.8, 4) is 11.5 Å². The number of anilines is 1. The molecule has 0 saturated heterocycles. The van der Waals surface area contributed by atoms with E-state index in [0.29, 0.717) is 52.5 Å². The van der Waals surface area contributed by atoms with Crippen molar-refractivity contribution in [3.05, 3.63) is 106 Å². The average molecular weight is 506 g/mol. The van der Waals surface area contributed by atoms with Crippen molar-refractivity contribution in [3.63, 3.8) is 0 Å². The highest BCUT2D eigenvalue weighted by atomic mass is 35.5. The molecule has 0 radical (unpaired) electrons. The first-order valence-electron chi connectivity index (χ1n) is 11.3. The lowest BCUT2D eigenvalue weighted by Crippen LogP contribution is -2.33. The van der Waals surface area contributed by atoms with Gasteiger partial charge in [-0.3, -0.25) is 9.78 Å². The summed E-state index contributed by atoms with van der Waals surface area (Å²) in [6, 6.07) is 23.0. The molecule has 0 aliphatic heterocycles. The lowest BCUT2D eigenvalue weighted by atomic mass is 10.1. The Morgan fingerprint density at radius 3 is 2.34 bits per heavy atom. The van der Waals surface area contributed by atoms with E-state index in [2.05, 4.69) is 25.6 Å². The summed E-state index contributed by atoms with van der Waals surface area (Å²) in [6.45, 7) is 2.21. The maximum Gasteiger partial charge on any atom is 0.220 e. The summed E-state index contributed by atoms with van der Waals surface area (Å²) < 4.78 is 0. The van der Waals surface area contributed by atoms with Crippen molar-refractivity contribution in [1.29, 1.82) is 0 Å². The van der Waals surface area contributed by atoms with Crippen LogP contribution in [0.2, 0.25) is 10.0 Å². The molecule has 0 aliphatic rings. The van der Waals surface area contributed by atoms with Gasteiger partial charge in [-0.15, -0.1) is 0 Å². The Bertz CT molecular complexity index is 1270. The molecule has 4 rings (SSSR count). The van der Waals surface area contributed by atoms with Crippen molar-refractivity contribution in [2.24, 2.45) is 0 Å². The number of hydrogen-bond acceptors (Lipinski definition) is 5. The minimum atomic E-state index is -0.275. The third kappa shape index (κ3) is 6.78. The number of nitrogens with one attached hydrogen (secondary N) is 2. The lowest BCUT2D eigenvalue weighted by molar-refractivity contribution is -0.121. The van der Waals surface area contributed by atoms with Gasteiger partial charge < -0.3 is 10.6 Å². The van der Waals surface area contributed by atoms with E-state index in [9.17, 15) is 4.79 Å². The van der Waals surface area contributed by atoms with Crippen molar-refractivity contribution in [2.45, 2.75) is 25.8 Å². The third-order valence-electron chi connectivity index (χ3n) is 5.47. The summed E-state index contributed by atoms with van der Waals surface area (Å²) in [5, 5.41) is 7.40. The Morgan fingerprint density at radius 1 is 0.943 bits per heavy atom. The van der Waals surface area contributed by atoms with Gasteiger partial charge in [-0.2, -0.15) is 0 Å². The van der Waals surface area contributed by atoms with E-state index < -0.39 is 0 Å². The highest BCUT2D eigenvalue weighted by Gasteiger charge is 2.17. The third-order valence-corrected chi connectivity index (χ3v) is 6.14. The summed E-state index contributed by atoms with van der Waals surface area (Å²) >= 11 is 12.5. The Kier molecular flexibility index (Phi) is 8.29. The van der Waals surface area contributed by atoms with Crippen molar-refractivity contribution in [2.75, 3.05) is 11.9 Å². The van der Waals surface area contributed by atoms with Crippen molar-refractivity contribution < 1.29 is 4.79 Å². The smallest absolute Gasteiger partial charge is 0.220 e. The zero-order valence-electron chi connectivity index (χ0n) is 19.2. The molecule has 8 heteroatoms. The Labute approximate surface area is 214 Å². The maximum absolute atomic E-state index is 12.8. The number of nitrogens with zero attached hydrogens (tertiary/aromatic N) is 3. The van der Waals surface area contributed by atoms with Crippen LogP contribution in [0.5, 0.6) is 0 Å². The van der Waals surface area contributed by atoms with Gasteiger partial charge >= 0.3 is 0 Å². The summed E-state index contributed by atoms with van der Waals surface area (Å²) in [6.07, 6.45) is 2.62. The van der Waals surface area contributed by atoms with Crippen LogP contribution < -0.4 is 10.6 Å². The summed E-state index contributed by atoms with van der Waals surface area (Å²) in [5.74, 6) is 0.889. The fourth-order valence-electron chi connectivity index (χ4n) is 3.60. The van der Waals surface area contributed by atoms with Gasteiger partial charge in [-0.25, -0.2) is 9.97 Å². The quantitative estimate of drug-likeness (QED) is 0.289. The molecule has 0 unspecified atom stereocenters. The van der Waals surface area contributed by atoms with Crippen LogP contribution >= 0.6 is 23.2 Å². The van der Waals surface area contributed by atoms with Crippen LogP contribution in [0.3, 0.4) is 0 Å². The molecule has 4 aromatic rings. The molecule has 0 fully saturated rings. The van der Waals surface area contributed by atoms with Gasteiger partial charge in [0.1, 0.15) is 16.5 Å². The average Bonchev–Trinajstić information content (AvgIpc) is 2.89. The van der Waals surface area contributed by atoms with E-state index in [0.717, 1.165) is 11.1 Å². The predicted molar refractivity (Wildman–Crippen MR) is 141 cm³/mol. The van der Waals surface area contributed by atoms with E-state index in [1.54, 1.807) is 18.3 Å². The normalized spacial score (nSPS) is 11.6. The zero-order chi connectivity index (χ0) is 24.6. The number of pyridine rings is 1. The first kappa shape index (κ1) is 24.6. The van der Waals surface area contributed by atoms with Crippen molar-refractivity contribution in [1.82, 2.24) is 20.3 Å². The molecule has 6 nitrogen and oxygen atoms in total. The summed E-state index contributed by atoms with van der Waals surface area (Å²) in [4.78, 5) is 26.1. The fraction of sp³-hybridized carbons (Fsp3) is 0.185. The standard InChI is InChI=1S/C27H25Cl2N5O/c1-18-25(29)27(34-26(32-18)22-14-13-21(28)16-30-22)31-17-23(20-10-6-3-7-11-20)33-24(35)15-12-19-8-4-2-5-9-19/h2-11,13-14,16,23H,12,15,17H2,1H3,(H,33,35)(H,31,32,34)/t23-/m0/s1. The highest BCUT2D eigenvalue weighted by Crippen LogP contribution is 2.27. The number of benzene rings is 2. The molecule has 178 valence electrons. The van der Waals surface area contributed by atoms with E-state index in [1.807, 2.05) is 67.6 Å². The van der Waals surface area contributed by atoms with Crippen LogP contribution in [-0.2, 0) is 11.2 Å². The summed E-state index contributed by atoms with van der Waals surface area (Å²) in [5.41, 5.74) is 3.32. The van der Waals surface area contributed by atoms with Crippen LogP contribution in [0.25, 0.3) is 11.5 Å². The van der Waals surface area contributed by atoms with Crippen molar-refractivity contribution >= 4 is 34.9 Å². The Morgan fingerprint density at radius 2 is 1.66 bits per heavy atom. The molecule has 1 atom stereocenters. The van der Waals surface area contributed by atoms with E-state index in [-0.39, 0.29) is 11.9 Å². The largest absolute Gasteiger partial charge is 0.366 e. The lowest BCUT2D eigenvalue weighted by Gasteiger charge is -2.21. The van der Waals surface area contributed by atoms with Gasteiger partial charge in [0, 0.05) is 19.2 Å². The number of aryl methyl sites for hydroxylation is 2. The molecule has 2 aromatic carbocycles. The second kappa shape index (κ2) is 11.8. The van der Waals surface area contributed by atoms with Gasteiger partial charge in [-0.1, -0.05) is 83.9 Å². The number of carbonyl (C=O) groups excluding carboxylic acids is 1. The number of amides is 1. The van der Waals surface area contributed by atoms with Gasteiger partial charge in [0.15, 0.2) is 5.82 Å². The van der Waals surface area contributed by atoms with Crippen LogP contribution in [0.4, 0.5) is 5.82 Å². The van der Waals surface area contributed by atoms with Crippen LogP contribution in [-0.4, -0.2) is 27.4 Å². The Hall–Kier alpha value is -3.48. The van der Waals surface area contributed by atoms with Gasteiger partial charge in [0.25, 0.3) is 0 Å². The number of hydrogen-bond donors (Lipinski definition) is 2. The van der Waals surface area contributed by atoms with Crippen LogP contribution in [0.15, 0.2) is 79.0 Å². The van der Waals surface area contributed by atoms with E-state index in [4.69, 9.17) is 23.2 Å². The Balaban J connectivity index is 1.49. The zero-order valence-corrected chi connectivity index (χ0v) is 20.7. The number of aromatic nitrogens is 3. The molecule has 35 heavy (non-hydrogen) atoms. The van der Waals surface area contributed by atoms with Gasteiger partial charge in [0.05, 0.1) is 16.8 Å². The van der Waals surface area contributed by atoms with E-state index >= 15 is 0 Å². The van der Waals surface area contributed by atoms with Gasteiger partial charge in [0.2, 0.25) is 5.91 Å². The number of rotatable bonds is 9. The predicted octanol–water partition coefficient (Wildman–Crippen LogP) is 6.06. The molecular weight excluding hydrogens is 481 g/mol. The molecule has 0 saturated carbocycles. The molecule has 1 amide bonds. The number of halogens is 2. The van der Waals surface area contributed by atoms with Gasteiger partial charge in [-0.05, 0) is 36.6 Å². The SMILES string of the molecule is Cc1nc(-c2ccc(Cl)cn2)nc(NC[C@H](NC(=O)CCc2ccccc2)c2ccccc2)c1Cl. The minimum absolute atomic E-state index is 0.0273. The monoisotopic (exact) mass is 505 g/mol. The molecule has 0 aliphatic carbocycles.